The van der Waals surface area contributed by atoms with Crippen molar-refractivity contribution in [3.05, 3.63) is 35.4 Å². The number of hydrogen-bond acceptors (Lipinski definition) is 10. The second-order valence-corrected chi connectivity index (χ2v) is 7.66. The first-order valence-corrected chi connectivity index (χ1v) is 10.1. The fraction of sp³-hybridized carbons (Fsp3) is 0.429. The molecule has 4 rings (SSSR count). The highest BCUT2D eigenvalue weighted by Gasteiger charge is 2.33. The molecule has 4 N–H and O–H groups in total. The van der Waals surface area contributed by atoms with E-state index in [1.807, 2.05) is 0 Å². The number of nitrogen functional groups attached to an aromatic ring is 1. The first-order valence-electron chi connectivity index (χ1n) is 10.1. The lowest BCUT2D eigenvalue weighted by Crippen LogP contribution is -2.39. The fourth-order valence-corrected chi connectivity index (χ4v) is 3.37. The third-order valence-electron chi connectivity index (χ3n) is 5.14. The largest absolute Gasteiger partial charge is 0.471 e. The van der Waals surface area contributed by atoms with Crippen LogP contribution in [0.2, 0.25) is 0 Å². The van der Waals surface area contributed by atoms with Crippen molar-refractivity contribution < 1.29 is 28.9 Å². The van der Waals surface area contributed by atoms with E-state index in [0.29, 0.717) is 43.8 Å². The van der Waals surface area contributed by atoms with Crippen molar-refractivity contribution >= 4 is 11.7 Å². The third-order valence-corrected chi connectivity index (χ3v) is 5.14. The molecule has 32 heavy (non-hydrogen) atoms. The number of carbonyl (C=O) groups is 1. The second kappa shape index (κ2) is 9.46. The summed E-state index contributed by atoms with van der Waals surface area (Å²) < 4.78 is 16.4. The van der Waals surface area contributed by atoms with Gasteiger partial charge >= 0.3 is 0 Å². The van der Waals surface area contributed by atoms with Crippen LogP contribution in [0.1, 0.15) is 28.8 Å². The number of nitriles is 1. The molecule has 2 atom stereocenters. The van der Waals surface area contributed by atoms with Crippen LogP contribution in [-0.2, 0) is 14.3 Å². The van der Waals surface area contributed by atoms with Crippen LogP contribution < -0.4 is 16.0 Å². The topological polar surface area (TPSA) is 162 Å². The average Bonchev–Trinajstić information content (AvgIpc) is 3.45. The number of hydrogen-bond donors (Lipinski definition) is 3. The summed E-state index contributed by atoms with van der Waals surface area (Å²) in [7, 11) is 0. The van der Waals surface area contributed by atoms with Gasteiger partial charge in [-0.2, -0.15) is 10.2 Å². The molecule has 168 valence electrons. The summed E-state index contributed by atoms with van der Waals surface area (Å²) in [5, 5.41) is 19.4. The lowest BCUT2D eigenvalue weighted by molar-refractivity contribution is -0.0733. The van der Waals surface area contributed by atoms with Gasteiger partial charge in [-0.3, -0.25) is 9.63 Å². The summed E-state index contributed by atoms with van der Waals surface area (Å²) in [6.07, 6.45) is 0.736. The van der Waals surface area contributed by atoms with Gasteiger partial charge in [0, 0.05) is 25.0 Å². The van der Waals surface area contributed by atoms with Gasteiger partial charge in [-0.1, -0.05) is 12.1 Å². The molecule has 0 bridgehead atoms. The number of nitrogens with zero attached hydrogens (tertiary/aromatic N) is 3. The predicted octanol–water partition coefficient (Wildman–Crippen LogP) is 0.578. The molecule has 3 heterocycles. The summed E-state index contributed by atoms with van der Waals surface area (Å²) in [5.74, 6) is -0.635. The van der Waals surface area contributed by atoms with Crippen molar-refractivity contribution in [1.29, 1.82) is 5.26 Å². The Morgan fingerprint density at radius 3 is 2.97 bits per heavy atom. The van der Waals surface area contributed by atoms with Gasteiger partial charge < -0.3 is 25.1 Å². The Bertz CT molecular complexity index is 1030. The number of benzene rings is 1. The van der Waals surface area contributed by atoms with Crippen LogP contribution in [0.25, 0.3) is 11.4 Å². The Labute approximate surface area is 184 Å². The van der Waals surface area contributed by atoms with Crippen LogP contribution in [0, 0.1) is 11.3 Å². The van der Waals surface area contributed by atoms with Gasteiger partial charge in [0.25, 0.3) is 5.91 Å². The Balaban J connectivity index is 1.59. The van der Waals surface area contributed by atoms with E-state index < -0.39 is 11.5 Å². The SMILES string of the molecule is N#Cc1cccc(-c2nc(N)c(C(=O)NOCC3(O)CCOC3)c(O[C@H]3CCOC3)n2)c1. The molecule has 11 heteroatoms. The van der Waals surface area contributed by atoms with Gasteiger partial charge in [-0.05, 0) is 12.1 Å². The molecule has 0 radical (unpaired) electrons. The number of nitrogens with one attached hydrogen (secondary N) is 1. The van der Waals surface area contributed by atoms with E-state index in [-0.39, 0.29) is 42.4 Å². The molecule has 0 aliphatic carbocycles. The maximum absolute atomic E-state index is 12.8. The molecule has 1 unspecified atom stereocenters. The van der Waals surface area contributed by atoms with Crippen LogP contribution in [-0.4, -0.2) is 65.7 Å². The van der Waals surface area contributed by atoms with E-state index in [1.54, 1.807) is 24.3 Å². The highest BCUT2D eigenvalue weighted by molar-refractivity contribution is 6.00. The lowest BCUT2D eigenvalue weighted by Gasteiger charge is -2.20. The minimum absolute atomic E-state index is 0.0191. The molecule has 1 aromatic carbocycles. The Morgan fingerprint density at radius 1 is 1.38 bits per heavy atom. The zero-order valence-corrected chi connectivity index (χ0v) is 17.2. The minimum Gasteiger partial charge on any atom is -0.471 e. The first-order chi connectivity index (χ1) is 15.5. The molecule has 2 aromatic rings. The van der Waals surface area contributed by atoms with Crippen molar-refractivity contribution in [2.75, 3.05) is 38.8 Å². The zero-order chi connectivity index (χ0) is 22.6. The van der Waals surface area contributed by atoms with Gasteiger partial charge in [0.15, 0.2) is 5.82 Å². The normalized spacial score (nSPS) is 22.4. The van der Waals surface area contributed by atoms with Crippen LogP contribution in [0.3, 0.4) is 0 Å². The number of amides is 1. The maximum atomic E-state index is 12.8. The minimum atomic E-state index is -1.16. The van der Waals surface area contributed by atoms with E-state index in [2.05, 4.69) is 21.5 Å². The summed E-state index contributed by atoms with van der Waals surface area (Å²) in [6.45, 7) is 1.29. The lowest BCUT2D eigenvalue weighted by atomic mass is 10.1. The van der Waals surface area contributed by atoms with Crippen LogP contribution in [0.4, 0.5) is 5.82 Å². The molecule has 2 aliphatic rings. The summed E-state index contributed by atoms with van der Waals surface area (Å²) in [4.78, 5) is 26.7. The molecule has 2 saturated heterocycles. The predicted molar refractivity (Wildman–Crippen MR) is 110 cm³/mol. The Hall–Kier alpha value is -3.30. The monoisotopic (exact) mass is 441 g/mol. The summed E-state index contributed by atoms with van der Waals surface area (Å²) in [5.41, 5.74) is 8.11. The average molecular weight is 441 g/mol. The number of hydroxylamine groups is 1. The van der Waals surface area contributed by atoms with E-state index in [0.717, 1.165) is 0 Å². The van der Waals surface area contributed by atoms with E-state index >= 15 is 0 Å². The first kappa shape index (κ1) is 21.9. The van der Waals surface area contributed by atoms with E-state index in [4.69, 9.17) is 30.0 Å². The second-order valence-electron chi connectivity index (χ2n) is 7.66. The molecular formula is C21H23N5O6. The Kier molecular flexibility index (Phi) is 6.48. The van der Waals surface area contributed by atoms with Gasteiger partial charge in [0.1, 0.15) is 29.7 Å². The number of carbonyl (C=O) groups excluding carboxylic acids is 1. The number of aliphatic hydroxyl groups is 1. The highest BCUT2D eigenvalue weighted by atomic mass is 16.7. The number of ether oxygens (including phenoxy) is 3. The highest BCUT2D eigenvalue weighted by Crippen LogP contribution is 2.28. The van der Waals surface area contributed by atoms with Crippen molar-refractivity contribution in [3.8, 4) is 23.3 Å². The maximum Gasteiger partial charge on any atom is 0.284 e. The molecular weight excluding hydrogens is 418 g/mol. The third kappa shape index (κ3) is 4.95. The van der Waals surface area contributed by atoms with Crippen molar-refractivity contribution in [2.45, 2.75) is 24.5 Å². The van der Waals surface area contributed by atoms with Gasteiger partial charge in [0.05, 0.1) is 31.5 Å². The number of rotatable bonds is 7. The molecule has 2 aliphatic heterocycles. The molecule has 11 nitrogen and oxygen atoms in total. The number of nitrogens with two attached hydrogens (primary N) is 1. The quantitative estimate of drug-likeness (QED) is 0.518. The molecule has 1 aromatic heterocycles. The van der Waals surface area contributed by atoms with Crippen molar-refractivity contribution in [1.82, 2.24) is 15.4 Å². The number of aromatic nitrogens is 2. The van der Waals surface area contributed by atoms with E-state index in [9.17, 15) is 9.90 Å². The van der Waals surface area contributed by atoms with Crippen molar-refractivity contribution in [2.24, 2.45) is 0 Å². The molecule has 1 amide bonds. The standard InChI is InChI=1S/C21H23N5O6/c22-9-13-2-1-3-14(8-13)18-24-17(23)16(20(25-18)32-15-4-6-29-10-15)19(27)26-31-12-21(28)5-7-30-11-21/h1-3,8,15,28H,4-7,10-12H2,(H,26,27)(H2,23,24,25)/t15-,21?/m0/s1. The number of anilines is 1. The van der Waals surface area contributed by atoms with Gasteiger partial charge in [-0.15, -0.1) is 0 Å². The van der Waals surface area contributed by atoms with E-state index in [1.165, 1.54) is 0 Å². The van der Waals surface area contributed by atoms with Crippen LogP contribution >= 0.6 is 0 Å². The zero-order valence-electron chi connectivity index (χ0n) is 17.2. The van der Waals surface area contributed by atoms with Crippen molar-refractivity contribution in [3.63, 3.8) is 0 Å². The smallest absolute Gasteiger partial charge is 0.284 e. The molecule has 0 saturated carbocycles. The van der Waals surface area contributed by atoms with Gasteiger partial charge in [-0.25, -0.2) is 10.5 Å². The summed E-state index contributed by atoms with van der Waals surface area (Å²) in [6, 6.07) is 8.76. The van der Waals surface area contributed by atoms with Gasteiger partial charge in [0.2, 0.25) is 5.88 Å². The summed E-state index contributed by atoms with van der Waals surface area (Å²) >= 11 is 0. The van der Waals surface area contributed by atoms with Crippen LogP contribution in [0.15, 0.2) is 24.3 Å². The fourth-order valence-electron chi connectivity index (χ4n) is 3.37. The molecule has 2 fully saturated rings. The Morgan fingerprint density at radius 2 is 2.25 bits per heavy atom. The molecule has 0 spiro atoms. The van der Waals surface area contributed by atoms with Crippen LogP contribution in [0.5, 0.6) is 5.88 Å².